The van der Waals surface area contributed by atoms with Gasteiger partial charge in [-0.25, -0.2) is 0 Å². The van der Waals surface area contributed by atoms with E-state index in [1.807, 2.05) is 0 Å². The molecule has 1 N–H and O–H groups in total. The van der Waals surface area contributed by atoms with Crippen molar-refractivity contribution in [3.63, 3.8) is 0 Å². The van der Waals surface area contributed by atoms with Crippen molar-refractivity contribution in [3.8, 4) is 0 Å². The fourth-order valence-electron chi connectivity index (χ4n) is 0.859. The average Bonchev–Trinajstić information content (AvgIpc) is 2.18. The summed E-state index contributed by atoms with van der Waals surface area (Å²) in [5.41, 5.74) is 8.58. The summed E-state index contributed by atoms with van der Waals surface area (Å²) in [4.78, 5) is 2.57. The lowest BCUT2D eigenvalue weighted by atomic mass is 10.1. The van der Waals surface area contributed by atoms with Gasteiger partial charge in [-0.05, 0) is 11.6 Å². The molecule has 0 saturated heterocycles. The van der Waals surface area contributed by atoms with Crippen LogP contribution >= 0.6 is 23.2 Å². The SMILES string of the molecule is [N-]=[N+]=NC(CO)c1cc(Cl)nnc1Cl. The molecule has 0 aliphatic carbocycles. The zero-order chi connectivity index (χ0) is 10.6. The van der Waals surface area contributed by atoms with Gasteiger partial charge in [-0.3, -0.25) is 0 Å². The van der Waals surface area contributed by atoms with E-state index >= 15 is 0 Å². The summed E-state index contributed by atoms with van der Waals surface area (Å²) in [6, 6.07) is 0.604. The van der Waals surface area contributed by atoms with E-state index in [1.54, 1.807) is 0 Å². The fourth-order valence-corrected chi connectivity index (χ4v) is 1.23. The lowest BCUT2D eigenvalue weighted by molar-refractivity contribution is 0.267. The first-order chi connectivity index (χ1) is 6.69. The summed E-state index contributed by atoms with van der Waals surface area (Å²) in [7, 11) is 0. The molecule has 0 aromatic carbocycles. The molecule has 0 aliphatic heterocycles. The lowest BCUT2D eigenvalue weighted by Gasteiger charge is -2.08. The number of rotatable bonds is 3. The van der Waals surface area contributed by atoms with Gasteiger partial charge in [0.25, 0.3) is 0 Å². The minimum absolute atomic E-state index is 0.0563. The van der Waals surface area contributed by atoms with Gasteiger partial charge in [0.2, 0.25) is 0 Å². The van der Waals surface area contributed by atoms with Crippen molar-refractivity contribution < 1.29 is 5.11 Å². The van der Waals surface area contributed by atoms with Crippen molar-refractivity contribution in [1.29, 1.82) is 0 Å². The normalized spacial score (nSPS) is 11.9. The number of hydrogen-bond acceptors (Lipinski definition) is 4. The highest BCUT2D eigenvalue weighted by Gasteiger charge is 2.14. The Morgan fingerprint density at radius 3 is 2.86 bits per heavy atom. The molecule has 1 aromatic heterocycles. The van der Waals surface area contributed by atoms with Crippen LogP contribution in [0.1, 0.15) is 11.6 Å². The summed E-state index contributed by atoms with van der Waals surface area (Å²) in [5, 5.41) is 19.4. The lowest BCUT2D eigenvalue weighted by Crippen LogP contribution is -2.03. The van der Waals surface area contributed by atoms with Crippen molar-refractivity contribution in [3.05, 3.63) is 32.4 Å². The van der Waals surface area contributed by atoms with Crippen molar-refractivity contribution >= 4 is 23.2 Å². The number of halogens is 2. The number of aliphatic hydroxyl groups is 1. The second kappa shape index (κ2) is 4.97. The molecule has 0 bridgehead atoms. The van der Waals surface area contributed by atoms with Crippen LogP contribution in [-0.4, -0.2) is 21.9 Å². The number of aliphatic hydroxyl groups excluding tert-OH is 1. The van der Waals surface area contributed by atoms with Gasteiger partial charge in [0.1, 0.15) is 0 Å². The zero-order valence-corrected chi connectivity index (χ0v) is 8.31. The average molecular weight is 234 g/mol. The zero-order valence-electron chi connectivity index (χ0n) is 6.80. The Bertz CT molecular complexity index is 378. The van der Waals surface area contributed by atoms with Crippen LogP contribution in [0.2, 0.25) is 10.3 Å². The Balaban J connectivity index is 3.14. The standard InChI is InChI=1S/C6H5Cl2N5O/c7-5-1-3(6(8)12-11-5)4(2-14)10-13-9/h1,4,14H,2H2. The molecule has 0 saturated carbocycles. The van der Waals surface area contributed by atoms with E-state index < -0.39 is 6.04 Å². The summed E-state index contributed by atoms with van der Waals surface area (Å²) in [6.07, 6.45) is 0. The molecule has 0 aliphatic rings. The van der Waals surface area contributed by atoms with E-state index in [-0.39, 0.29) is 16.9 Å². The predicted octanol–water partition coefficient (Wildman–Crippen LogP) is 2.13. The maximum atomic E-state index is 8.91. The first-order valence-electron chi connectivity index (χ1n) is 3.52. The highest BCUT2D eigenvalue weighted by atomic mass is 35.5. The van der Waals surface area contributed by atoms with Gasteiger partial charge in [0, 0.05) is 10.5 Å². The van der Waals surface area contributed by atoms with Crippen molar-refractivity contribution in [1.82, 2.24) is 10.2 Å². The quantitative estimate of drug-likeness (QED) is 0.492. The van der Waals surface area contributed by atoms with E-state index in [0.717, 1.165) is 0 Å². The molecule has 1 aromatic rings. The van der Waals surface area contributed by atoms with Crippen molar-refractivity contribution in [2.45, 2.75) is 6.04 Å². The molecule has 1 atom stereocenters. The fraction of sp³-hybridized carbons (Fsp3) is 0.333. The third-order valence-electron chi connectivity index (χ3n) is 1.47. The Kier molecular flexibility index (Phi) is 3.91. The van der Waals surface area contributed by atoms with Gasteiger partial charge < -0.3 is 5.11 Å². The molecule has 0 amide bonds. The van der Waals surface area contributed by atoms with Crippen LogP contribution in [0.3, 0.4) is 0 Å². The monoisotopic (exact) mass is 233 g/mol. The third-order valence-corrected chi connectivity index (χ3v) is 1.95. The third kappa shape index (κ3) is 2.46. The second-order valence-corrected chi connectivity index (χ2v) is 3.06. The molecule has 0 radical (unpaired) electrons. The highest BCUT2D eigenvalue weighted by molar-refractivity contribution is 6.31. The minimum atomic E-state index is -0.791. The van der Waals surface area contributed by atoms with E-state index in [9.17, 15) is 0 Å². The number of hydrogen-bond donors (Lipinski definition) is 1. The van der Waals surface area contributed by atoms with E-state index in [2.05, 4.69) is 20.2 Å². The Hall–Kier alpha value is -1.07. The molecule has 1 rings (SSSR count). The van der Waals surface area contributed by atoms with Crippen LogP contribution < -0.4 is 0 Å². The van der Waals surface area contributed by atoms with Crippen LogP contribution in [0, 0.1) is 0 Å². The number of nitrogens with zero attached hydrogens (tertiary/aromatic N) is 5. The number of aromatic nitrogens is 2. The van der Waals surface area contributed by atoms with E-state index in [0.29, 0.717) is 5.56 Å². The minimum Gasteiger partial charge on any atom is -0.396 e. The van der Waals surface area contributed by atoms with Crippen LogP contribution in [0.25, 0.3) is 10.4 Å². The van der Waals surface area contributed by atoms with Crippen LogP contribution in [-0.2, 0) is 0 Å². The summed E-state index contributed by atoms with van der Waals surface area (Å²) in [5.74, 6) is 0. The molecule has 14 heavy (non-hydrogen) atoms. The van der Waals surface area contributed by atoms with E-state index in [4.69, 9.17) is 33.8 Å². The maximum Gasteiger partial charge on any atom is 0.155 e. The van der Waals surface area contributed by atoms with Crippen molar-refractivity contribution in [2.75, 3.05) is 6.61 Å². The molecular formula is C6H5Cl2N5O. The van der Waals surface area contributed by atoms with Crippen LogP contribution in [0.5, 0.6) is 0 Å². The highest BCUT2D eigenvalue weighted by Crippen LogP contribution is 2.25. The molecular weight excluding hydrogens is 229 g/mol. The molecule has 0 fully saturated rings. The Labute approximate surface area is 89.1 Å². The van der Waals surface area contributed by atoms with Crippen molar-refractivity contribution in [2.24, 2.45) is 5.11 Å². The first kappa shape index (κ1) is 11.0. The van der Waals surface area contributed by atoms with Crippen LogP contribution in [0.15, 0.2) is 11.2 Å². The molecule has 74 valence electrons. The summed E-state index contributed by atoms with van der Waals surface area (Å²) >= 11 is 11.2. The molecule has 0 spiro atoms. The maximum absolute atomic E-state index is 8.91. The summed E-state index contributed by atoms with van der Waals surface area (Å²) in [6.45, 7) is -0.369. The van der Waals surface area contributed by atoms with Gasteiger partial charge in [-0.2, -0.15) is 0 Å². The largest absolute Gasteiger partial charge is 0.396 e. The Morgan fingerprint density at radius 1 is 1.57 bits per heavy atom. The smallest absolute Gasteiger partial charge is 0.155 e. The Morgan fingerprint density at radius 2 is 2.29 bits per heavy atom. The second-order valence-electron chi connectivity index (χ2n) is 2.32. The van der Waals surface area contributed by atoms with Gasteiger partial charge in [-0.15, -0.1) is 10.2 Å². The molecule has 8 heteroatoms. The molecule has 6 nitrogen and oxygen atoms in total. The number of azide groups is 1. The van der Waals surface area contributed by atoms with Gasteiger partial charge in [0.05, 0.1) is 12.6 Å². The van der Waals surface area contributed by atoms with Gasteiger partial charge in [0.15, 0.2) is 10.3 Å². The summed E-state index contributed by atoms with van der Waals surface area (Å²) < 4.78 is 0. The molecule has 1 unspecified atom stereocenters. The predicted molar refractivity (Wildman–Crippen MR) is 51.0 cm³/mol. The van der Waals surface area contributed by atoms with E-state index in [1.165, 1.54) is 6.07 Å². The van der Waals surface area contributed by atoms with Crippen LogP contribution in [0.4, 0.5) is 0 Å². The topological polar surface area (TPSA) is 94.8 Å². The van der Waals surface area contributed by atoms with Gasteiger partial charge >= 0.3 is 0 Å². The first-order valence-corrected chi connectivity index (χ1v) is 4.28. The molecule has 1 heterocycles. The van der Waals surface area contributed by atoms with Gasteiger partial charge in [-0.1, -0.05) is 28.3 Å².